The Morgan fingerprint density at radius 3 is 2.56 bits per heavy atom. The molecule has 1 aliphatic carbocycles. The number of hydrogen-bond acceptors (Lipinski definition) is 2. The highest BCUT2D eigenvalue weighted by Gasteiger charge is 2.41. The largest absolute Gasteiger partial charge is 0.243 e. The van der Waals surface area contributed by atoms with Gasteiger partial charge in [0.05, 0.1) is 4.90 Å². The first-order chi connectivity index (χ1) is 8.57. The first kappa shape index (κ1) is 12.5. The van der Waals surface area contributed by atoms with Crippen LogP contribution >= 0.6 is 11.6 Å². The van der Waals surface area contributed by atoms with Gasteiger partial charge >= 0.3 is 0 Å². The van der Waals surface area contributed by atoms with Crippen molar-refractivity contribution in [2.45, 2.75) is 17.7 Å². The normalized spacial score (nSPS) is 28.5. The maximum absolute atomic E-state index is 12.4. The SMILES string of the molecule is O=S(=O)(c1ccc(Cl)cc1)N1CC2[CH]CC[C@H]2C1. The van der Waals surface area contributed by atoms with Gasteiger partial charge in [-0.25, -0.2) is 8.42 Å². The van der Waals surface area contributed by atoms with Crippen LogP contribution in [-0.2, 0) is 10.0 Å². The van der Waals surface area contributed by atoms with Crippen LogP contribution < -0.4 is 0 Å². The Hall–Kier alpha value is -0.580. The molecule has 1 saturated heterocycles. The fraction of sp³-hybridized carbons (Fsp3) is 0.462. The number of benzene rings is 1. The van der Waals surface area contributed by atoms with Crippen molar-refractivity contribution >= 4 is 21.6 Å². The van der Waals surface area contributed by atoms with Gasteiger partial charge in [-0.15, -0.1) is 0 Å². The van der Waals surface area contributed by atoms with Gasteiger partial charge in [-0.05, 0) is 55.4 Å². The molecule has 0 aromatic heterocycles. The van der Waals surface area contributed by atoms with Crippen LogP contribution in [0, 0.1) is 18.3 Å². The molecule has 2 fully saturated rings. The van der Waals surface area contributed by atoms with Gasteiger partial charge in [0.2, 0.25) is 10.0 Å². The van der Waals surface area contributed by atoms with Crippen LogP contribution in [0.15, 0.2) is 29.2 Å². The summed E-state index contributed by atoms with van der Waals surface area (Å²) in [6.07, 6.45) is 4.52. The molecular weight excluding hydrogens is 270 g/mol. The van der Waals surface area contributed by atoms with E-state index < -0.39 is 10.0 Å². The number of nitrogens with zero attached hydrogens (tertiary/aromatic N) is 1. The molecule has 1 aliphatic heterocycles. The summed E-state index contributed by atoms with van der Waals surface area (Å²) < 4.78 is 26.5. The third-order valence-corrected chi connectivity index (χ3v) is 6.01. The van der Waals surface area contributed by atoms with Crippen LogP contribution in [0.1, 0.15) is 12.8 Å². The van der Waals surface area contributed by atoms with E-state index in [0.717, 1.165) is 12.8 Å². The zero-order valence-corrected chi connectivity index (χ0v) is 11.5. The predicted molar refractivity (Wildman–Crippen MR) is 70.7 cm³/mol. The highest BCUT2D eigenvalue weighted by Crippen LogP contribution is 2.39. The minimum absolute atomic E-state index is 0.340. The van der Waals surface area contributed by atoms with E-state index in [4.69, 9.17) is 11.6 Å². The lowest BCUT2D eigenvalue weighted by atomic mass is 10.0. The second-order valence-electron chi connectivity index (χ2n) is 5.01. The first-order valence-electron chi connectivity index (χ1n) is 6.16. The third kappa shape index (κ3) is 2.06. The molecule has 3 nitrogen and oxygen atoms in total. The van der Waals surface area contributed by atoms with Gasteiger partial charge in [0.15, 0.2) is 0 Å². The smallest absolute Gasteiger partial charge is 0.207 e. The Balaban J connectivity index is 1.85. The summed E-state index contributed by atoms with van der Waals surface area (Å²) in [5.74, 6) is 0.971. The van der Waals surface area contributed by atoms with Crippen molar-refractivity contribution in [3.05, 3.63) is 35.7 Å². The molecule has 2 atom stereocenters. The summed E-state index contributed by atoms with van der Waals surface area (Å²) in [4.78, 5) is 0.340. The van der Waals surface area contributed by atoms with Crippen LogP contribution in [0.3, 0.4) is 0 Å². The summed E-state index contributed by atoms with van der Waals surface area (Å²) in [6, 6.07) is 6.40. The van der Waals surface area contributed by atoms with E-state index in [9.17, 15) is 8.42 Å². The molecule has 1 saturated carbocycles. The van der Waals surface area contributed by atoms with Crippen LogP contribution in [0.5, 0.6) is 0 Å². The van der Waals surface area contributed by atoms with E-state index in [1.54, 1.807) is 28.6 Å². The topological polar surface area (TPSA) is 37.4 Å². The summed E-state index contributed by atoms with van der Waals surface area (Å²) >= 11 is 5.79. The fourth-order valence-electron chi connectivity index (χ4n) is 2.90. The number of sulfonamides is 1. The molecule has 18 heavy (non-hydrogen) atoms. The molecule has 0 bridgehead atoms. The summed E-state index contributed by atoms with van der Waals surface area (Å²) in [5, 5.41) is 0.556. The average molecular weight is 285 g/mol. The standard InChI is InChI=1S/C13H15ClNO2S/c14-12-4-6-13(7-5-12)18(16,17)15-8-10-2-1-3-11(10)9-15/h2,4-7,10-11H,1,3,8-9H2/t10?,11-/m0/s1. The number of rotatable bonds is 2. The molecule has 1 unspecified atom stereocenters. The summed E-state index contributed by atoms with van der Waals surface area (Å²) in [5.41, 5.74) is 0. The highest BCUT2D eigenvalue weighted by atomic mass is 35.5. The van der Waals surface area contributed by atoms with Gasteiger partial charge in [0.1, 0.15) is 0 Å². The second-order valence-corrected chi connectivity index (χ2v) is 7.39. The molecule has 1 aromatic rings. The van der Waals surface area contributed by atoms with E-state index in [1.165, 1.54) is 0 Å². The minimum Gasteiger partial charge on any atom is -0.207 e. The quantitative estimate of drug-likeness (QED) is 0.837. The molecular formula is C13H15ClNO2S. The van der Waals surface area contributed by atoms with E-state index >= 15 is 0 Å². The molecule has 3 rings (SSSR count). The molecule has 1 heterocycles. The van der Waals surface area contributed by atoms with Crippen molar-refractivity contribution in [2.75, 3.05) is 13.1 Å². The van der Waals surface area contributed by atoms with Crippen molar-refractivity contribution in [3.63, 3.8) is 0 Å². The van der Waals surface area contributed by atoms with Crippen LogP contribution in [0.2, 0.25) is 5.02 Å². The van der Waals surface area contributed by atoms with E-state index in [-0.39, 0.29) is 0 Å². The zero-order chi connectivity index (χ0) is 12.8. The molecule has 0 amide bonds. The van der Waals surface area contributed by atoms with Gasteiger partial charge in [0.25, 0.3) is 0 Å². The molecule has 0 spiro atoms. The second kappa shape index (κ2) is 4.51. The number of fused-ring (bicyclic) bond motifs is 1. The molecule has 1 aromatic carbocycles. The van der Waals surface area contributed by atoms with Gasteiger partial charge in [0, 0.05) is 18.1 Å². The Bertz CT molecular complexity index is 529. The Kier molecular flexibility index (Phi) is 3.12. The van der Waals surface area contributed by atoms with E-state index in [0.29, 0.717) is 34.8 Å². The lowest BCUT2D eigenvalue weighted by molar-refractivity contribution is 0.450. The predicted octanol–water partition coefficient (Wildman–Crippen LogP) is 2.57. The number of hydrogen-bond donors (Lipinski definition) is 0. The summed E-state index contributed by atoms with van der Waals surface area (Å²) in [7, 11) is -3.34. The fourth-order valence-corrected chi connectivity index (χ4v) is 4.56. The van der Waals surface area contributed by atoms with Crippen molar-refractivity contribution in [1.29, 1.82) is 0 Å². The van der Waals surface area contributed by atoms with Crippen molar-refractivity contribution in [1.82, 2.24) is 4.31 Å². The van der Waals surface area contributed by atoms with E-state index in [2.05, 4.69) is 6.42 Å². The summed E-state index contributed by atoms with van der Waals surface area (Å²) in [6.45, 7) is 1.29. The van der Waals surface area contributed by atoms with Gasteiger partial charge < -0.3 is 0 Å². The van der Waals surface area contributed by atoms with Crippen LogP contribution in [0.4, 0.5) is 0 Å². The van der Waals surface area contributed by atoms with E-state index in [1.807, 2.05) is 0 Å². The van der Waals surface area contributed by atoms with Crippen LogP contribution in [-0.4, -0.2) is 25.8 Å². The van der Waals surface area contributed by atoms with Crippen molar-refractivity contribution in [3.8, 4) is 0 Å². The maximum atomic E-state index is 12.4. The molecule has 0 N–H and O–H groups in total. The molecule has 97 valence electrons. The Morgan fingerprint density at radius 2 is 1.89 bits per heavy atom. The van der Waals surface area contributed by atoms with Gasteiger partial charge in [-0.2, -0.15) is 4.31 Å². The lowest BCUT2D eigenvalue weighted by Gasteiger charge is -2.17. The van der Waals surface area contributed by atoms with Crippen molar-refractivity contribution in [2.24, 2.45) is 11.8 Å². The maximum Gasteiger partial charge on any atom is 0.243 e. The van der Waals surface area contributed by atoms with Crippen molar-refractivity contribution < 1.29 is 8.42 Å². The monoisotopic (exact) mass is 284 g/mol. The third-order valence-electron chi connectivity index (χ3n) is 3.92. The average Bonchev–Trinajstić information content (AvgIpc) is 2.89. The molecule has 1 radical (unpaired) electrons. The lowest BCUT2D eigenvalue weighted by Crippen LogP contribution is -2.29. The molecule has 5 heteroatoms. The Labute approximate surface area is 113 Å². The van der Waals surface area contributed by atoms with Gasteiger partial charge in [-0.1, -0.05) is 11.6 Å². The van der Waals surface area contributed by atoms with Gasteiger partial charge in [-0.3, -0.25) is 0 Å². The number of halogens is 1. The Morgan fingerprint density at radius 1 is 1.17 bits per heavy atom. The molecule has 2 aliphatic rings. The highest BCUT2D eigenvalue weighted by molar-refractivity contribution is 7.89. The zero-order valence-electron chi connectivity index (χ0n) is 9.92. The minimum atomic E-state index is -3.34. The first-order valence-corrected chi connectivity index (χ1v) is 7.98. The van der Waals surface area contributed by atoms with Crippen LogP contribution in [0.25, 0.3) is 0 Å².